The van der Waals surface area contributed by atoms with Gasteiger partial charge in [0.2, 0.25) is 25.1 Å². The fourth-order valence-electron chi connectivity index (χ4n) is 4.46. The van der Waals surface area contributed by atoms with Crippen molar-refractivity contribution in [3.05, 3.63) is 23.3 Å². The SMILES string of the molecule is CCCCCCO/N=C/C(CO)NC(=O)c1cc(OC)c2c(c1-c1c(C(=O)OC)cc(OC)c3c1OCO3)OCO2. The number of benzene rings is 2. The molecule has 1 unspecified atom stereocenters. The number of hydrogen-bond donors (Lipinski definition) is 2. The van der Waals surface area contributed by atoms with E-state index in [1.54, 1.807) is 0 Å². The van der Waals surface area contributed by atoms with Gasteiger partial charge in [-0.05, 0) is 25.0 Å². The van der Waals surface area contributed by atoms with Crippen LogP contribution in [0.5, 0.6) is 34.5 Å². The van der Waals surface area contributed by atoms with Gasteiger partial charge in [0.15, 0.2) is 23.0 Å². The van der Waals surface area contributed by atoms with Gasteiger partial charge in [-0.15, -0.1) is 0 Å². The standard InChI is InChI=1S/C28H34N2O11/c1-5-6-7-8-9-41-29-12-16(13-31)30-27(32)17-10-19(34-2)23-25(39-14-37-23)21(17)22-18(28(33)36-4)11-20(35-3)24-26(22)40-15-38-24/h10-12,16,31H,5-9,13-15H2,1-4H3,(H,30,32)/b29-12+. The summed E-state index contributed by atoms with van der Waals surface area (Å²) in [6.45, 7) is 1.78. The van der Waals surface area contributed by atoms with Crippen molar-refractivity contribution >= 4 is 18.1 Å². The Morgan fingerprint density at radius 3 is 2.07 bits per heavy atom. The minimum absolute atomic E-state index is 0.0299. The van der Waals surface area contributed by atoms with E-state index in [1.807, 2.05) is 0 Å². The van der Waals surface area contributed by atoms with E-state index < -0.39 is 24.5 Å². The lowest BCUT2D eigenvalue weighted by Gasteiger charge is -2.20. The molecule has 0 aliphatic carbocycles. The van der Waals surface area contributed by atoms with Gasteiger partial charge < -0.3 is 48.4 Å². The highest BCUT2D eigenvalue weighted by molar-refractivity contribution is 6.10. The fraction of sp³-hybridized carbons (Fsp3) is 0.464. The van der Waals surface area contributed by atoms with Crippen LogP contribution in [0.3, 0.4) is 0 Å². The molecular weight excluding hydrogens is 540 g/mol. The van der Waals surface area contributed by atoms with Crippen molar-refractivity contribution in [2.24, 2.45) is 5.16 Å². The molecule has 2 heterocycles. The second-order valence-electron chi connectivity index (χ2n) is 9.03. The van der Waals surface area contributed by atoms with Crippen molar-refractivity contribution in [3.63, 3.8) is 0 Å². The van der Waals surface area contributed by atoms with Crippen LogP contribution in [0.1, 0.15) is 53.3 Å². The first kappa shape index (κ1) is 29.6. The Morgan fingerprint density at radius 2 is 1.51 bits per heavy atom. The van der Waals surface area contributed by atoms with E-state index in [1.165, 1.54) is 39.7 Å². The number of fused-ring (bicyclic) bond motifs is 2. The minimum Gasteiger partial charge on any atom is -0.493 e. The Kier molecular flexibility index (Phi) is 9.95. The summed E-state index contributed by atoms with van der Waals surface area (Å²) in [6, 6.07) is 1.99. The molecule has 2 aromatic carbocycles. The average Bonchev–Trinajstić information content (AvgIpc) is 3.69. The van der Waals surface area contributed by atoms with Gasteiger partial charge in [-0.1, -0.05) is 24.9 Å². The van der Waals surface area contributed by atoms with Crippen molar-refractivity contribution in [3.8, 4) is 45.6 Å². The number of esters is 1. The third-order valence-corrected chi connectivity index (χ3v) is 6.47. The van der Waals surface area contributed by atoms with Crippen molar-refractivity contribution < 1.29 is 52.7 Å². The van der Waals surface area contributed by atoms with E-state index in [2.05, 4.69) is 17.4 Å². The lowest BCUT2D eigenvalue weighted by molar-refractivity contribution is 0.0600. The van der Waals surface area contributed by atoms with Gasteiger partial charge >= 0.3 is 5.97 Å². The van der Waals surface area contributed by atoms with Crippen molar-refractivity contribution in [2.45, 2.75) is 38.6 Å². The molecule has 0 aromatic heterocycles. The normalized spacial score (nSPS) is 13.7. The predicted molar refractivity (Wildman–Crippen MR) is 145 cm³/mol. The van der Waals surface area contributed by atoms with E-state index in [9.17, 15) is 14.7 Å². The highest BCUT2D eigenvalue weighted by atomic mass is 16.7. The highest BCUT2D eigenvalue weighted by Crippen LogP contribution is 2.56. The summed E-state index contributed by atoms with van der Waals surface area (Å²) in [6.07, 6.45) is 5.40. The summed E-state index contributed by atoms with van der Waals surface area (Å²) in [7, 11) is 4.07. The zero-order valence-corrected chi connectivity index (χ0v) is 23.4. The van der Waals surface area contributed by atoms with E-state index in [-0.39, 0.29) is 70.3 Å². The lowest BCUT2D eigenvalue weighted by atomic mass is 9.91. The van der Waals surface area contributed by atoms with E-state index >= 15 is 0 Å². The van der Waals surface area contributed by atoms with Crippen LogP contribution in [0, 0.1) is 0 Å². The number of carbonyl (C=O) groups excluding carboxylic acids is 2. The Labute approximate surface area is 237 Å². The molecule has 222 valence electrons. The van der Waals surface area contributed by atoms with E-state index in [0.29, 0.717) is 6.61 Å². The first-order valence-corrected chi connectivity index (χ1v) is 13.2. The van der Waals surface area contributed by atoms with Gasteiger partial charge in [-0.3, -0.25) is 4.79 Å². The molecule has 0 fully saturated rings. The Hall–Kier alpha value is -4.39. The third kappa shape index (κ3) is 6.19. The van der Waals surface area contributed by atoms with Gasteiger partial charge in [0.25, 0.3) is 5.91 Å². The van der Waals surface area contributed by atoms with Gasteiger partial charge in [0.05, 0.1) is 51.3 Å². The number of unbranched alkanes of at least 4 members (excludes halogenated alkanes) is 3. The topological polar surface area (TPSA) is 153 Å². The maximum absolute atomic E-state index is 13.8. The fourth-order valence-corrected chi connectivity index (χ4v) is 4.46. The number of aliphatic hydroxyl groups excluding tert-OH is 1. The molecule has 2 N–H and O–H groups in total. The zero-order valence-electron chi connectivity index (χ0n) is 23.4. The smallest absolute Gasteiger partial charge is 0.338 e. The molecule has 1 atom stereocenters. The second-order valence-corrected chi connectivity index (χ2v) is 9.03. The summed E-state index contributed by atoms with van der Waals surface area (Å²) >= 11 is 0. The molecule has 2 aliphatic heterocycles. The number of nitrogens with one attached hydrogen (secondary N) is 1. The molecule has 0 spiro atoms. The Morgan fingerprint density at radius 1 is 0.927 bits per heavy atom. The van der Waals surface area contributed by atoms with Gasteiger partial charge in [0, 0.05) is 11.1 Å². The number of carbonyl (C=O) groups is 2. The molecule has 1 amide bonds. The Bertz CT molecular complexity index is 1290. The highest BCUT2D eigenvalue weighted by Gasteiger charge is 2.37. The van der Waals surface area contributed by atoms with Crippen LogP contribution in [0.25, 0.3) is 11.1 Å². The van der Waals surface area contributed by atoms with Gasteiger partial charge in [-0.2, -0.15) is 0 Å². The third-order valence-electron chi connectivity index (χ3n) is 6.47. The van der Waals surface area contributed by atoms with Crippen LogP contribution < -0.4 is 33.7 Å². The molecule has 0 saturated heterocycles. The molecule has 0 saturated carbocycles. The molecular formula is C28H34N2O11. The number of amides is 1. The van der Waals surface area contributed by atoms with Crippen molar-refractivity contribution in [1.82, 2.24) is 5.32 Å². The average molecular weight is 575 g/mol. The summed E-state index contributed by atoms with van der Waals surface area (Å²) in [5.74, 6) is -0.131. The largest absolute Gasteiger partial charge is 0.493 e. The number of rotatable bonds is 14. The summed E-state index contributed by atoms with van der Waals surface area (Å²) in [5, 5.41) is 16.5. The number of nitrogens with zero attached hydrogens (tertiary/aromatic N) is 1. The lowest BCUT2D eigenvalue weighted by Crippen LogP contribution is -2.39. The number of hydrogen-bond acceptors (Lipinski definition) is 12. The number of methoxy groups -OCH3 is 3. The quantitative estimate of drug-likeness (QED) is 0.148. The summed E-state index contributed by atoms with van der Waals surface area (Å²) < 4.78 is 38.7. The first-order valence-electron chi connectivity index (χ1n) is 13.2. The maximum atomic E-state index is 13.8. The van der Waals surface area contributed by atoms with Crippen LogP contribution in [0.2, 0.25) is 0 Å². The molecule has 13 heteroatoms. The van der Waals surface area contributed by atoms with Gasteiger partial charge in [-0.25, -0.2) is 4.79 Å². The predicted octanol–water partition coefficient (Wildman–Crippen LogP) is 3.29. The number of aliphatic hydroxyl groups is 1. The van der Waals surface area contributed by atoms with Crippen LogP contribution in [0.4, 0.5) is 0 Å². The zero-order chi connectivity index (χ0) is 29.4. The Balaban J connectivity index is 1.78. The molecule has 2 aromatic rings. The molecule has 13 nitrogen and oxygen atoms in total. The van der Waals surface area contributed by atoms with Crippen LogP contribution in [-0.4, -0.2) is 77.4 Å². The minimum atomic E-state index is -0.886. The van der Waals surface area contributed by atoms with Crippen LogP contribution in [0.15, 0.2) is 17.3 Å². The number of oxime groups is 1. The molecule has 4 rings (SSSR count). The van der Waals surface area contributed by atoms with Crippen molar-refractivity contribution in [1.29, 1.82) is 0 Å². The first-order chi connectivity index (χ1) is 20.0. The maximum Gasteiger partial charge on any atom is 0.338 e. The molecule has 0 bridgehead atoms. The monoisotopic (exact) mass is 574 g/mol. The van der Waals surface area contributed by atoms with Crippen LogP contribution >= 0.6 is 0 Å². The van der Waals surface area contributed by atoms with E-state index in [4.69, 9.17) is 38.0 Å². The second kappa shape index (κ2) is 13.8. The summed E-state index contributed by atoms with van der Waals surface area (Å²) in [5.41, 5.74) is 0.402. The van der Waals surface area contributed by atoms with Crippen molar-refractivity contribution in [2.75, 3.05) is 48.1 Å². The number of ether oxygens (including phenoxy) is 7. The van der Waals surface area contributed by atoms with Crippen LogP contribution in [-0.2, 0) is 9.57 Å². The van der Waals surface area contributed by atoms with E-state index in [0.717, 1.165) is 25.7 Å². The molecule has 41 heavy (non-hydrogen) atoms. The molecule has 2 aliphatic rings. The molecule has 0 radical (unpaired) electrons. The van der Waals surface area contributed by atoms with Gasteiger partial charge in [0.1, 0.15) is 6.61 Å². The summed E-state index contributed by atoms with van der Waals surface area (Å²) in [4.78, 5) is 32.0.